The Kier molecular flexibility index (Phi) is 8.17. The van der Waals surface area contributed by atoms with Crippen LogP contribution in [0, 0.1) is 0 Å². The lowest BCUT2D eigenvalue weighted by molar-refractivity contribution is -0.146. The van der Waals surface area contributed by atoms with Crippen LogP contribution in [-0.2, 0) is 30.0 Å². The molecule has 0 radical (unpaired) electrons. The van der Waals surface area contributed by atoms with Crippen molar-refractivity contribution in [2.45, 2.75) is 50.6 Å². The first kappa shape index (κ1) is 26.6. The Morgan fingerprint density at radius 2 is 1.90 bits per heavy atom. The zero-order valence-corrected chi connectivity index (χ0v) is 22.4. The number of esters is 1. The number of hydrogen-bond donors (Lipinski definition) is 3. The summed E-state index contributed by atoms with van der Waals surface area (Å²) >= 11 is 0. The van der Waals surface area contributed by atoms with Gasteiger partial charge in [-0.1, -0.05) is 48.5 Å². The Labute approximate surface area is 231 Å². The molecule has 3 N–H and O–H groups in total. The van der Waals surface area contributed by atoms with Crippen LogP contribution >= 0.6 is 7.75 Å². The van der Waals surface area contributed by atoms with E-state index in [1.54, 1.807) is 53.5 Å². The zero-order valence-electron chi connectivity index (χ0n) is 23.5. The lowest BCUT2D eigenvalue weighted by atomic mass is 9.98. The summed E-state index contributed by atoms with van der Waals surface area (Å²) in [5.41, 5.74) is -4.37. The van der Waals surface area contributed by atoms with Gasteiger partial charge in [0.05, 0.1) is 9.35 Å². The van der Waals surface area contributed by atoms with E-state index in [4.69, 9.17) is 21.3 Å². The molecule has 2 heterocycles. The molecular formula is C26H29FN3O9P. The fourth-order valence-electron chi connectivity index (χ4n) is 3.87. The predicted molar refractivity (Wildman–Crippen MR) is 140 cm³/mol. The Bertz CT molecular complexity index is 1570. The fourth-order valence-corrected chi connectivity index (χ4v) is 5.37. The normalized spacial score (nSPS) is 25.4. The Morgan fingerprint density at radius 3 is 2.58 bits per heavy atom. The smallest absolute Gasteiger partial charge is 0.459 e. The summed E-state index contributed by atoms with van der Waals surface area (Å²) in [5, 5.41) is 13.2. The summed E-state index contributed by atoms with van der Waals surface area (Å²) in [6.07, 6.45) is -6.43. The number of hydrogen-bond acceptors (Lipinski definition) is 9. The molecule has 12 nitrogen and oxygen atoms in total. The highest BCUT2D eigenvalue weighted by Gasteiger charge is 2.55. The minimum atomic E-state index is -4.44. The second-order valence-corrected chi connectivity index (χ2v) is 10.8. The molecule has 1 aliphatic heterocycles. The van der Waals surface area contributed by atoms with Gasteiger partial charge in [0.1, 0.15) is 30.6 Å². The number of aromatic amines is 1. The van der Waals surface area contributed by atoms with E-state index in [0.29, 0.717) is 4.57 Å². The van der Waals surface area contributed by atoms with Gasteiger partial charge in [0.25, 0.3) is 5.56 Å². The minimum Gasteiger partial charge on any atom is -0.460 e. The molecule has 0 spiro atoms. The van der Waals surface area contributed by atoms with Gasteiger partial charge in [-0.2, -0.15) is 5.09 Å². The number of alkyl halides is 1. The molecule has 3 aromatic rings. The van der Waals surface area contributed by atoms with Crippen molar-refractivity contribution in [3.8, 4) is 5.75 Å². The van der Waals surface area contributed by atoms with Crippen molar-refractivity contribution >= 4 is 13.7 Å². The first-order valence-electron chi connectivity index (χ1n) is 13.1. The highest BCUT2D eigenvalue weighted by Crippen LogP contribution is 2.47. The molecule has 1 fully saturated rings. The van der Waals surface area contributed by atoms with Gasteiger partial charge in [-0.05, 0) is 31.5 Å². The van der Waals surface area contributed by atoms with Crippen LogP contribution in [0.1, 0.15) is 28.4 Å². The second-order valence-electron chi connectivity index (χ2n) is 9.13. The standard InChI is InChI=1S/C26H29FN3O9P/c1-17(23(33)36-15-18-9-5-3-6-10-18)29-40(35,39-19-11-7-4-8-12-19)37-16-20-22(32)26(2,27)24(38-20)30-14-13-21(31)28-25(30)34/h3-14,17,20,22,24,32H,15-16H2,1-2H3,(H,29,35)(H,28,31,34)/t17?,20-,22-,24-,26-,40?/m1/s1/i13D,14D. The van der Waals surface area contributed by atoms with Crippen LogP contribution < -0.4 is 20.9 Å². The molecule has 214 valence electrons. The lowest BCUT2D eigenvalue weighted by Gasteiger charge is -2.25. The van der Waals surface area contributed by atoms with Gasteiger partial charge >= 0.3 is 19.4 Å². The highest BCUT2D eigenvalue weighted by molar-refractivity contribution is 7.52. The number of rotatable bonds is 11. The SMILES string of the molecule is [2H]c1c([2H])n([C@@H]2O[C@H](COP(=O)(NC(C)C(=O)OCc3ccccc3)Oc3ccccc3)[C@@H](O)[C@@]2(C)F)c(=O)[nH]c1=O. The second kappa shape index (κ2) is 12.3. The van der Waals surface area contributed by atoms with Gasteiger partial charge in [0.15, 0.2) is 11.9 Å². The van der Waals surface area contributed by atoms with Gasteiger partial charge in [0, 0.05) is 12.2 Å². The van der Waals surface area contributed by atoms with E-state index in [2.05, 4.69) is 5.09 Å². The molecule has 40 heavy (non-hydrogen) atoms. The number of aromatic nitrogens is 2. The van der Waals surface area contributed by atoms with Crippen LogP contribution in [-0.4, -0.2) is 51.2 Å². The number of nitrogens with one attached hydrogen (secondary N) is 2. The lowest BCUT2D eigenvalue weighted by Crippen LogP contribution is -2.43. The monoisotopic (exact) mass is 579 g/mol. The number of benzene rings is 2. The number of ether oxygens (including phenoxy) is 2. The van der Waals surface area contributed by atoms with Crippen LogP contribution in [0.4, 0.5) is 4.39 Å². The fraction of sp³-hybridized carbons (Fsp3) is 0.346. The third-order valence-electron chi connectivity index (χ3n) is 5.99. The van der Waals surface area contributed by atoms with Crippen molar-refractivity contribution in [1.82, 2.24) is 14.6 Å². The number of aliphatic hydroxyl groups is 1. The van der Waals surface area contributed by atoms with E-state index in [0.717, 1.165) is 12.5 Å². The number of aliphatic hydroxyl groups excluding tert-OH is 1. The van der Waals surface area contributed by atoms with Gasteiger partial charge in [0.2, 0.25) is 0 Å². The Morgan fingerprint density at radius 1 is 1.25 bits per heavy atom. The minimum absolute atomic E-state index is 0.0445. The van der Waals surface area contributed by atoms with Crippen molar-refractivity contribution in [3.05, 3.63) is 99.3 Å². The largest absolute Gasteiger partial charge is 0.460 e. The molecule has 0 bridgehead atoms. The van der Waals surface area contributed by atoms with Crippen LogP contribution in [0.5, 0.6) is 5.75 Å². The maximum absolute atomic E-state index is 15.7. The summed E-state index contributed by atoms with van der Waals surface area (Å²) in [4.78, 5) is 38.5. The average Bonchev–Trinajstić information content (AvgIpc) is 3.18. The van der Waals surface area contributed by atoms with Gasteiger partial charge in [-0.15, -0.1) is 0 Å². The van der Waals surface area contributed by atoms with Crippen LogP contribution in [0.15, 0.2) is 82.5 Å². The molecule has 1 aromatic heterocycles. The quantitative estimate of drug-likeness (QED) is 0.228. The Balaban J connectivity index is 1.51. The molecule has 1 saturated heterocycles. The number of carbonyl (C=O) groups excluding carboxylic acids is 1. The highest BCUT2D eigenvalue weighted by atomic mass is 31.2. The summed E-state index contributed by atoms with van der Waals surface area (Å²) in [6.45, 7) is 1.45. The van der Waals surface area contributed by atoms with Crippen molar-refractivity contribution in [3.63, 3.8) is 0 Å². The molecule has 6 atom stereocenters. The molecule has 0 aliphatic carbocycles. The van der Waals surface area contributed by atoms with E-state index in [1.165, 1.54) is 19.1 Å². The van der Waals surface area contributed by atoms with E-state index >= 15 is 4.39 Å². The third kappa shape index (κ3) is 6.93. The molecule has 2 aromatic carbocycles. The number of H-pyrrole nitrogens is 1. The maximum Gasteiger partial charge on any atom is 0.459 e. The average molecular weight is 580 g/mol. The first-order chi connectivity index (χ1) is 19.8. The van der Waals surface area contributed by atoms with Crippen molar-refractivity contribution < 1.29 is 40.1 Å². The van der Waals surface area contributed by atoms with Crippen LogP contribution in [0.25, 0.3) is 0 Å². The summed E-state index contributed by atoms with van der Waals surface area (Å²) < 4.78 is 67.3. The Hall–Kier alpha value is -3.61. The van der Waals surface area contributed by atoms with Gasteiger partial charge in [-0.25, -0.2) is 13.8 Å². The molecule has 14 heteroatoms. The van der Waals surface area contributed by atoms with Crippen molar-refractivity contribution in [2.75, 3.05) is 6.61 Å². The van der Waals surface area contributed by atoms with Crippen molar-refractivity contribution in [2.24, 2.45) is 0 Å². The van der Waals surface area contributed by atoms with Gasteiger partial charge < -0.3 is 19.1 Å². The number of carbonyl (C=O) groups is 1. The van der Waals surface area contributed by atoms with Crippen molar-refractivity contribution in [1.29, 1.82) is 0 Å². The maximum atomic E-state index is 15.7. The zero-order chi connectivity index (χ0) is 30.7. The molecule has 4 rings (SSSR count). The predicted octanol–water partition coefficient (Wildman–Crippen LogP) is 2.45. The summed E-state index contributed by atoms with van der Waals surface area (Å²) in [5.74, 6) is -0.680. The topological polar surface area (TPSA) is 158 Å². The molecule has 0 saturated carbocycles. The molecule has 2 unspecified atom stereocenters. The summed E-state index contributed by atoms with van der Waals surface area (Å²) in [6, 6.07) is 14.6. The van der Waals surface area contributed by atoms with E-state index in [9.17, 15) is 24.1 Å². The van der Waals surface area contributed by atoms with Gasteiger partial charge in [-0.3, -0.25) is 23.7 Å². The molecule has 1 aliphatic rings. The molecule has 0 amide bonds. The number of halogens is 1. The third-order valence-corrected chi connectivity index (χ3v) is 7.63. The van der Waals surface area contributed by atoms with E-state index < -0.39 is 73.9 Å². The first-order valence-corrected chi connectivity index (χ1v) is 13.7. The number of nitrogens with zero attached hydrogens (tertiary/aromatic N) is 1. The van der Waals surface area contributed by atoms with Crippen LogP contribution in [0.3, 0.4) is 0 Å². The van der Waals surface area contributed by atoms with Crippen LogP contribution in [0.2, 0.25) is 0 Å². The summed E-state index contributed by atoms with van der Waals surface area (Å²) in [7, 11) is -4.44. The number of para-hydroxylation sites is 1. The molecular weight excluding hydrogens is 548 g/mol. The van der Waals surface area contributed by atoms with E-state index in [-0.39, 0.29) is 12.4 Å². The van der Waals surface area contributed by atoms with E-state index in [1.807, 2.05) is 0 Å².